The summed E-state index contributed by atoms with van der Waals surface area (Å²) in [6, 6.07) is 11.6. The number of hydrogen-bond acceptors (Lipinski definition) is 4. The highest BCUT2D eigenvalue weighted by Gasteiger charge is 2.23. The molecule has 0 atom stereocenters. The number of amides is 1. The van der Waals surface area contributed by atoms with E-state index in [2.05, 4.69) is 5.32 Å². The summed E-state index contributed by atoms with van der Waals surface area (Å²) in [6.07, 6.45) is 1.44. The Morgan fingerprint density at radius 3 is 2.56 bits per heavy atom. The normalized spacial score (nSPS) is 11.6. The molecular weight excluding hydrogens is 371 g/mol. The molecule has 1 aromatic heterocycles. The van der Waals surface area contributed by atoms with Crippen LogP contribution in [0.5, 0.6) is 0 Å². The Morgan fingerprint density at radius 1 is 1.15 bits per heavy atom. The first-order chi connectivity index (χ1) is 12.9. The lowest BCUT2D eigenvalue weighted by atomic mass is 10.2. The van der Waals surface area contributed by atoms with E-state index >= 15 is 0 Å². The fraction of sp³-hybridized carbons (Fsp3) is 0.211. The quantitative estimate of drug-likeness (QED) is 0.496. The average Bonchev–Trinajstić information content (AvgIpc) is 3.02. The minimum atomic E-state index is -3.86. The van der Waals surface area contributed by atoms with Crippen LogP contribution in [0.3, 0.4) is 0 Å². The molecule has 3 aromatic rings. The van der Waals surface area contributed by atoms with Crippen molar-refractivity contribution in [1.29, 1.82) is 0 Å². The van der Waals surface area contributed by atoms with E-state index in [1.807, 2.05) is 0 Å². The SMILES string of the molecule is COCCNC(=O)Cn1cc(S(=O)(=O)c2ccc(F)cc2)c2ccccc21. The van der Waals surface area contributed by atoms with E-state index in [1.165, 1.54) is 25.4 Å². The average molecular weight is 390 g/mol. The Hall–Kier alpha value is -2.71. The van der Waals surface area contributed by atoms with E-state index in [4.69, 9.17) is 4.74 Å². The van der Waals surface area contributed by atoms with E-state index in [9.17, 15) is 17.6 Å². The number of hydrogen-bond donors (Lipinski definition) is 1. The van der Waals surface area contributed by atoms with Crippen molar-refractivity contribution in [2.24, 2.45) is 0 Å². The smallest absolute Gasteiger partial charge is 0.240 e. The molecule has 1 heterocycles. The van der Waals surface area contributed by atoms with Gasteiger partial charge in [0.2, 0.25) is 15.7 Å². The van der Waals surface area contributed by atoms with Crippen molar-refractivity contribution >= 4 is 26.6 Å². The summed E-state index contributed by atoms with van der Waals surface area (Å²) in [5, 5.41) is 3.21. The van der Waals surface area contributed by atoms with E-state index in [-0.39, 0.29) is 22.2 Å². The third-order valence-electron chi connectivity index (χ3n) is 4.11. The van der Waals surface area contributed by atoms with Gasteiger partial charge in [0.15, 0.2) is 0 Å². The van der Waals surface area contributed by atoms with Crippen LogP contribution >= 0.6 is 0 Å². The Labute approximate surface area is 156 Å². The number of aromatic nitrogens is 1. The molecular formula is C19H19FN2O4S. The van der Waals surface area contributed by atoms with E-state index in [1.54, 1.807) is 28.8 Å². The van der Waals surface area contributed by atoms with Crippen LogP contribution in [0.25, 0.3) is 10.9 Å². The zero-order valence-corrected chi connectivity index (χ0v) is 15.5. The third-order valence-corrected chi connectivity index (χ3v) is 5.90. The number of para-hydroxylation sites is 1. The van der Waals surface area contributed by atoms with Crippen LogP contribution < -0.4 is 5.32 Å². The van der Waals surface area contributed by atoms with Gasteiger partial charge in [-0.15, -0.1) is 0 Å². The summed E-state index contributed by atoms with van der Waals surface area (Å²) in [6.45, 7) is 0.737. The van der Waals surface area contributed by atoms with Gasteiger partial charge < -0.3 is 14.6 Å². The Kier molecular flexibility index (Phi) is 5.57. The largest absolute Gasteiger partial charge is 0.383 e. The summed E-state index contributed by atoms with van der Waals surface area (Å²) in [7, 11) is -2.32. The first-order valence-electron chi connectivity index (χ1n) is 8.27. The van der Waals surface area contributed by atoms with Crippen LogP contribution in [-0.4, -0.2) is 39.2 Å². The third kappa shape index (κ3) is 4.01. The number of halogens is 1. The van der Waals surface area contributed by atoms with E-state index in [0.717, 1.165) is 12.1 Å². The second-order valence-electron chi connectivity index (χ2n) is 5.94. The van der Waals surface area contributed by atoms with Gasteiger partial charge >= 0.3 is 0 Å². The molecule has 0 saturated heterocycles. The highest BCUT2D eigenvalue weighted by molar-refractivity contribution is 7.91. The molecule has 0 bridgehead atoms. The number of nitrogens with one attached hydrogen (secondary N) is 1. The number of nitrogens with zero attached hydrogens (tertiary/aromatic N) is 1. The van der Waals surface area contributed by atoms with Crippen LogP contribution in [0.1, 0.15) is 0 Å². The second kappa shape index (κ2) is 7.89. The molecule has 0 aliphatic rings. The number of methoxy groups -OCH3 is 1. The highest BCUT2D eigenvalue weighted by Crippen LogP contribution is 2.30. The van der Waals surface area contributed by atoms with Crippen molar-refractivity contribution in [2.75, 3.05) is 20.3 Å². The van der Waals surface area contributed by atoms with Crippen molar-refractivity contribution in [3.63, 3.8) is 0 Å². The monoisotopic (exact) mass is 390 g/mol. The molecule has 8 heteroatoms. The fourth-order valence-corrected chi connectivity index (χ4v) is 4.28. The summed E-state index contributed by atoms with van der Waals surface area (Å²) in [4.78, 5) is 12.2. The number of carbonyl (C=O) groups excluding carboxylic acids is 1. The molecule has 27 heavy (non-hydrogen) atoms. The molecule has 0 radical (unpaired) electrons. The van der Waals surface area contributed by atoms with Crippen molar-refractivity contribution in [1.82, 2.24) is 9.88 Å². The standard InChI is InChI=1S/C19H19FN2O4S/c1-26-11-10-21-19(23)13-22-12-18(16-4-2-3-5-17(16)22)27(24,25)15-8-6-14(20)7-9-15/h2-9,12H,10-11,13H2,1H3,(H,21,23). The lowest BCUT2D eigenvalue weighted by Crippen LogP contribution is -2.30. The number of carbonyl (C=O) groups is 1. The second-order valence-corrected chi connectivity index (χ2v) is 7.86. The molecule has 0 fully saturated rings. The minimum Gasteiger partial charge on any atom is -0.383 e. The zero-order valence-electron chi connectivity index (χ0n) is 14.7. The van der Waals surface area contributed by atoms with Crippen LogP contribution in [-0.2, 0) is 25.9 Å². The summed E-state index contributed by atoms with van der Waals surface area (Å²) in [5.41, 5.74) is 0.625. The van der Waals surface area contributed by atoms with Gasteiger partial charge in [0.1, 0.15) is 12.4 Å². The molecule has 0 spiro atoms. The van der Waals surface area contributed by atoms with E-state index < -0.39 is 15.7 Å². The number of benzene rings is 2. The van der Waals surface area contributed by atoms with Gasteiger partial charge in [0.25, 0.3) is 0 Å². The molecule has 3 rings (SSSR count). The molecule has 2 aromatic carbocycles. The predicted octanol–water partition coefficient (Wildman–Crippen LogP) is 2.38. The van der Waals surface area contributed by atoms with Crippen molar-refractivity contribution in [3.8, 4) is 0 Å². The summed E-state index contributed by atoms with van der Waals surface area (Å²) in [5.74, 6) is -0.761. The number of sulfone groups is 1. The van der Waals surface area contributed by atoms with Gasteiger partial charge in [-0.3, -0.25) is 4.79 Å². The molecule has 0 aliphatic heterocycles. The zero-order chi connectivity index (χ0) is 19.4. The Bertz CT molecular complexity index is 1060. The topological polar surface area (TPSA) is 77.4 Å². The van der Waals surface area contributed by atoms with Crippen LogP contribution in [0.4, 0.5) is 4.39 Å². The number of ether oxygens (including phenoxy) is 1. The lowest BCUT2D eigenvalue weighted by Gasteiger charge is -2.06. The Balaban J connectivity index is 1.99. The van der Waals surface area contributed by atoms with E-state index in [0.29, 0.717) is 24.1 Å². The maximum Gasteiger partial charge on any atom is 0.240 e. The van der Waals surface area contributed by atoms with Gasteiger partial charge in [-0.25, -0.2) is 12.8 Å². The van der Waals surface area contributed by atoms with Crippen LogP contribution in [0.15, 0.2) is 64.5 Å². The highest BCUT2D eigenvalue weighted by atomic mass is 32.2. The first-order valence-corrected chi connectivity index (χ1v) is 9.76. The fourth-order valence-electron chi connectivity index (χ4n) is 2.80. The lowest BCUT2D eigenvalue weighted by molar-refractivity contribution is -0.121. The van der Waals surface area contributed by atoms with Crippen LogP contribution in [0, 0.1) is 5.82 Å². The van der Waals surface area contributed by atoms with Gasteiger partial charge in [-0.2, -0.15) is 0 Å². The molecule has 0 aliphatic carbocycles. The molecule has 0 unspecified atom stereocenters. The molecule has 142 valence electrons. The van der Waals surface area contributed by atoms with Crippen molar-refractivity contribution in [3.05, 3.63) is 60.5 Å². The van der Waals surface area contributed by atoms with Gasteiger partial charge in [-0.05, 0) is 30.3 Å². The molecule has 6 nitrogen and oxygen atoms in total. The maximum absolute atomic E-state index is 13.2. The van der Waals surface area contributed by atoms with Crippen molar-refractivity contribution < 1.29 is 22.3 Å². The van der Waals surface area contributed by atoms with Crippen molar-refractivity contribution in [2.45, 2.75) is 16.3 Å². The molecule has 0 saturated carbocycles. The molecule has 1 amide bonds. The van der Waals surface area contributed by atoms with Crippen LogP contribution in [0.2, 0.25) is 0 Å². The molecule has 1 N–H and O–H groups in total. The number of fused-ring (bicyclic) bond motifs is 1. The summed E-state index contributed by atoms with van der Waals surface area (Å²) < 4.78 is 45.7. The Morgan fingerprint density at radius 2 is 1.85 bits per heavy atom. The predicted molar refractivity (Wildman–Crippen MR) is 98.7 cm³/mol. The maximum atomic E-state index is 13.2. The van der Waals surface area contributed by atoms with Gasteiger partial charge in [0.05, 0.1) is 16.4 Å². The minimum absolute atomic E-state index is 0.00338. The summed E-state index contributed by atoms with van der Waals surface area (Å²) >= 11 is 0. The first kappa shape index (κ1) is 19.1. The number of rotatable bonds is 7. The van der Waals surface area contributed by atoms with Gasteiger partial charge in [-0.1, -0.05) is 18.2 Å². The van der Waals surface area contributed by atoms with Gasteiger partial charge in [0, 0.05) is 30.8 Å².